The van der Waals surface area contributed by atoms with Crippen molar-refractivity contribution in [2.45, 2.75) is 51.5 Å². The van der Waals surface area contributed by atoms with Gasteiger partial charge in [0.2, 0.25) is 0 Å². The normalized spacial score (nSPS) is 29.1. The van der Waals surface area contributed by atoms with Gasteiger partial charge in [-0.05, 0) is 80.4 Å². The Balaban J connectivity index is 2.05. The number of thiophene rings is 1. The van der Waals surface area contributed by atoms with Crippen LogP contribution >= 0.6 is 11.3 Å². The first kappa shape index (κ1) is 14.1. The molecule has 1 nitrogen and oxygen atoms in total. The lowest BCUT2D eigenvalue weighted by molar-refractivity contribution is 0.0684. The number of rotatable bonds is 4. The Labute approximate surface area is 116 Å². The molecule has 1 saturated carbocycles. The predicted octanol–water partition coefficient (Wildman–Crippen LogP) is 4.44. The molecule has 1 heterocycles. The smallest absolute Gasteiger partial charge is 0.0244 e. The Morgan fingerprint density at radius 3 is 2.44 bits per heavy atom. The molecule has 1 aromatic heterocycles. The van der Waals surface area contributed by atoms with Crippen LogP contribution in [-0.4, -0.2) is 24.5 Å². The van der Waals surface area contributed by atoms with Gasteiger partial charge in [-0.25, -0.2) is 0 Å². The van der Waals surface area contributed by atoms with Gasteiger partial charge in [-0.2, -0.15) is 11.3 Å². The number of hydrogen-bond acceptors (Lipinski definition) is 2. The van der Waals surface area contributed by atoms with Crippen LogP contribution < -0.4 is 0 Å². The summed E-state index contributed by atoms with van der Waals surface area (Å²) >= 11 is 1.83. The van der Waals surface area contributed by atoms with Crippen molar-refractivity contribution in [1.29, 1.82) is 0 Å². The SMILES string of the molecule is CC(C)C1CCC(Cc2ccsc2)(N(C)C)CC1. The van der Waals surface area contributed by atoms with E-state index in [1.807, 2.05) is 11.3 Å². The van der Waals surface area contributed by atoms with E-state index < -0.39 is 0 Å². The first-order valence-corrected chi connectivity index (χ1v) is 8.16. The molecular weight excluding hydrogens is 238 g/mol. The summed E-state index contributed by atoms with van der Waals surface area (Å²) in [5, 5.41) is 4.53. The van der Waals surface area contributed by atoms with Crippen LogP contribution in [0.25, 0.3) is 0 Å². The van der Waals surface area contributed by atoms with Crippen molar-refractivity contribution in [2.24, 2.45) is 11.8 Å². The average molecular weight is 265 g/mol. The van der Waals surface area contributed by atoms with Gasteiger partial charge < -0.3 is 4.90 Å². The van der Waals surface area contributed by atoms with E-state index in [0.29, 0.717) is 5.54 Å². The Morgan fingerprint density at radius 2 is 2.00 bits per heavy atom. The van der Waals surface area contributed by atoms with E-state index in [0.717, 1.165) is 11.8 Å². The van der Waals surface area contributed by atoms with E-state index >= 15 is 0 Å². The van der Waals surface area contributed by atoms with Gasteiger partial charge in [-0.15, -0.1) is 0 Å². The van der Waals surface area contributed by atoms with Gasteiger partial charge in [-0.1, -0.05) is 13.8 Å². The Hall–Kier alpha value is -0.340. The molecule has 0 aliphatic heterocycles. The molecule has 0 aromatic carbocycles. The van der Waals surface area contributed by atoms with E-state index in [-0.39, 0.29) is 0 Å². The quantitative estimate of drug-likeness (QED) is 0.778. The highest BCUT2D eigenvalue weighted by Gasteiger charge is 2.37. The van der Waals surface area contributed by atoms with Gasteiger partial charge in [0.1, 0.15) is 0 Å². The number of likely N-dealkylation sites (N-methyl/N-ethyl adjacent to an activating group) is 1. The largest absolute Gasteiger partial charge is 0.303 e. The zero-order valence-electron chi connectivity index (χ0n) is 12.3. The van der Waals surface area contributed by atoms with E-state index in [1.165, 1.54) is 37.7 Å². The van der Waals surface area contributed by atoms with Crippen LogP contribution in [-0.2, 0) is 6.42 Å². The molecule has 0 unspecified atom stereocenters. The molecule has 1 aliphatic carbocycles. The third-order valence-corrected chi connectivity index (χ3v) is 5.70. The van der Waals surface area contributed by atoms with Crippen molar-refractivity contribution in [1.82, 2.24) is 4.90 Å². The van der Waals surface area contributed by atoms with Crippen LogP contribution in [0.3, 0.4) is 0 Å². The molecule has 1 fully saturated rings. The molecule has 2 rings (SSSR count). The van der Waals surface area contributed by atoms with Crippen molar-refractivity contribution in [3.05, 3.63) is 22.4 Å². The summed E-state index contributed by atoms with van der Waals surface area (Å²) in [6.07, 6.45) is 6.76. The standard InChI is InChI=1S/C16H27NS/c1-13(2)15-5-8-16(9-6-15,17(3)4)11-14-7-10-18-12-14/h7,10,12-13,15H,5-6,8-9,11H2,1-4H3. The first-order chi connectivity index (χ1) is 8.53. The van der Waals surface area contributed by atoms with Crippen LogP contribution in [0.15, 0.2) is 16.8 Å². The molecular formula is C16H27NS. The minimum atomic E-state index is 0.409. The minimum Gasteiger partial charge on any atom is -0.303 e. The molecule has 0 atom stereocenters. The summed E-state index contributed by atoms with van der Waals surface area (Å²) in [4.78, 5) is 2.49. The molecule has 0 N–H and O–H groups in total. The summed E-state index contributed by atoms with van der Waals surface area (Å²) in [5.74, 6) is 1.80. The zero-order chi connectivity index (χ0) is 13.2. The molecule has 0 spiro atoms. The molecule has 1 aromatic rings. The lowest BCUT2D eigenvalue weighted by atomic mass is 9.70. The topological polar surface area (TPSA) is 3.24 Å². The van der Waals surface area contributed by atoms with Gasteiger partial charge in [0.25, 0.3) is 0 Å². The van der Waals surface area contributed by atoms with Gasteiger partial charge in [-0.3, -0.25) is 0 Å². The molecule has 18 heavy (non-hydrogen) atoms. The highest BCUT2D eigenvalue weighted by atomic mass is 32.1. The Bertz CT molecular complexity index is 345. The van der Waals surface area contributed by atoms with Crippen LogP contribution in [0.2, 0.25) is 0 Å². The maximum Gasteiger partial charge on any atom is 0.0244 e. The molecule has 102 valence electrons. The van der Waals surface area contributed by atoms with Crippen LogP contribution in [0.1, 0.15) is 45.1 Å². The molecule has 0 radical (unpaired) electrons. The lowest BCUT2D eigenvalue weighted by Crippen LogP contribution is -2.49. The zero-order valence-corrected chi connectivity index (χ0v) is 13.1. The Morgan fingerprint density at radius 1 is 1.33 bits per heavy atom. The fraction of sp³-hybridized carbons (Fsp3) is 0.750. The monoisotopic (exact) mass is 265 g/mol. The van der Waals surface area contributed by atoms with Crippen molar-refractivity contribution in [3.63, 3.8) is 0 Å². The molecule has 0 saturated heterocycles. The van der Waals surface area contributed by atoms with Gasteiger partial charge >= 0.3 is 0 Å². The third kappa shape index (κ3) is 2.97. The van der Waals surface area contributed by atoms with Crippen molar-refractivity contribution in [3.8, 4) is 0 Å². The van der Waals surface area contributed by atoms with E-state index in [2.05, 4.69) is 49.7 Å². The molecule has 0 bridgehead atoms. The average Bonchev–Trinajstić information content (AvgIpc) is 2.82. The number of nitrogens with zero attached hydrogens (tertiary/aromatic N) is 1. The molecule has 2 heteroatoms. The van der Waals surface area contributed by atoms with E-state index in [1.54, 1.807) is 0 Å². The van der Waals surface area contributed by atoms with Crippen LogP contribution in [0.5, 0.6) is 0 Å². The van der Waals surface area contributed by atoms with Crippen LogP contribution in [0.4, 0.5) is 0 Å². The fourth-order valence-electron chi connectivity index (χ4n) is 3.40. The first-order valence-electron chi connectivity index (χ1n) is 7.22. The highest BCUT2D eigenvalue weighted by Crippen LogP contribution is 2.40. The summed E-state index contributed by atoms with van der Waals surface area (Å²) in [6.45, 7) is 4.76. The van der Waals surface area contributed by atoms with E-state index in [9.17, 15) is 0 Å². The predicted molar refractivity (Wildman–Crippen MR) is 81.2 cm³/mol. The summed E-state index contributed by atoms with van der Waals surface area (Å²) < 4.78 is 0. The molecule has 1 aliphatic rings. The van der Waals surface area contributed by atoms with Crippen molar-refractivity contribution >= 4 is 11.3 Å². The van der Waals surface area contributed by atoms with Crippen LogP contribution in [0, 0.1) is 11.8 Å². The third-order valence-electron chi connectivity index (χ3n) is 4.97. The van der Waals surface area contributed by atoms with Gasteiger partial charge in [0.05, 0.1) is 0 Å². The second-order valence-electron chi connectivity index (χ2n) is 6.51. The molecule has 0 amide bonds. The number of hydrogen-bond donors (Lipinski definition) is 0. The van der Waals surface area contributed by atoms with E-state index in [4.69, 9.17) is 0 Å². The second kappa shape index (κ2) is 5.75. The van der Waals surface area contributed by atoms with Crippen molar-refractivity contribution < 1.29 is 0 Å². The summed E-state index contributed by atoms with van der Waals surface area (Å²) in [5.41, 5.74) is 1.93. The fourth-order valence-corrected chi connectivity index (χ4v) is 4.07. The maximum absolute atomic E-state index is 2.49. The Kier molecular flexibility index (Phi) is 4.50. The maximum atomic E-state index is 2.49. The van der Waals surface area contributed by atoms with Gasteiger partial charge in [0, 0.05) is 5.54 Å². The van der Waals surface area contributed by atoms with Gasteiger partial charge in [0.15, 0.2) is 0 Å². The summed E-state index contributed by atoms with van der Waals surface area (Å²) in [7, 11) is 4.53. The van der Waals surface area contributed by atoms with Crippen molar-refractivity contribution in [2.75, 3.05) is 14.1 Å². The lowest BCUT2D eigenvalue weighted by Gasteiger charge is -2.46. The second-order valence-corrected chi connectivity index (χ2v) is 7.29. The minimum absolute atomic E-state index is 0.409. The highest BCUT2D eigenvalue weighted by molar-refractivity contribution is 7.07. The summed E-state index contributed by atoms with van der Waals surface area (Å²) in [6, 6.07) is 2.30.